The van der Waals surface area contributed by atoms with E-state index in [0.29, 0.717) is 5.54 Å². The minimum atomic E-state index is -1.10. The van der Waals surface area contributed by atoms with Crippen molar-refractivity contribution in [3.63, 3.8) is 0 Å². The minimum absolute atomic E-state index is 0. The van der Waals surface area contributed by atoms with Crippen molar-refractivity contribution >= 4 is 8.07 Å². The summed E-state index contributed by atoms with van der Waals surface area (Å²) in [5.41, 5.74) is 11.1. The Hall–Kier alpha value is -0.413. The summed E-state index contributed by atoms with van der Waals surface area (Å²) in [5, 5.41) is 0. The van der Waals surface area contributed by atoms with Crippen molar-refractivity contribution in [1.82, 2.24) is 0 Å². The molecule has 5 rings (SSSR count). The van der Waals surface area contributed by atoms with Crippen LogP contribution in [-0.4, -0.2) is 8.07 Å². The fourth-order valence-corrected chi connectivity index (χ4v) is 9.21. The number of halogens is 2. The van der Waals surface area contributed by atoms with Gasteiger partial charge in [0.25, 0.3) is 0 Å². The number of rotatable bonds is 1. The first-order valence-electron chi connectivity index (χ1n) is 10.6. The second-order valence-corrected chi connectivity index (χ2v) is 14.5. The van der Waals surface area contributed by atoms with Crippen LogP contribution in [0.15, 0.2) is 59.2 Å². The number of fused-ring (bicyclic) bond motifs is 3. The number of hydrogen-bond donors (Lipinski definition) is 0. The summed E-state index contributed by atoms with van der Waals surface area (Å²) in [4.78, 5) is 0. The van der Waals surface area contributed by atoms with E-state index in [1.54, 1.807) is 5.56 Å². The molecule has 2 aromatic carbocycles. The molecular weight excluding hydrogens is 602 g/mol. The topological polar surface area (TPSA) is 0 Å². The minimum Gasteiger partial charge on any atom is -1.00 e. The maximum absolute atomic E-state index is 3.55. The van der Waals surface area contributed by atoms with Crippen molar-refractivity contribution in [1.29, 1.82) is 0 Å². The van der Waals surface area contributed by atoms with Gasteiger partial charge < -0.3 is 24.8 Å². The Morgan fingerprint density at radius 1 is 0.935 bits per heavy atom. The number of benzene rings is 2. The summed E-state index contributed by atoms with van der Waals surface area (Å²) >= 11 is 0. The van der Waals surface area contributed by atoms with Crippen LogP contribution in [0, 0.1) is 17.6 Å². The third-order valence-corrected chi connectivity index (χ3v) is 12.5. The van der Waals surface area contributed by atoms with Crippen LogP contribution in [-0.2, 0) is 25.8 Å². The van der Waals surface area contributed by atoms with Gasteiger partial charge in [0.1, 0.15) is 0 Å². The molecule has 1 aliphatic heterocycles. The molecule has 0 saturated carbocycles. The third-order valence-electron chi connectivity index (χ3n) is 7.49. The van der Waals surface area contributed by atoms with Crippen LogP contribution in [0.5, 0.6) is 0 Å². The van der Waals surface area contributed by atoms with Crippen LogP contribution in [0.3, 0.4) is 0 Å². The van der Waals surface area contributed by atoms with Crippen LogP contribution in [0.2, 0.25) is 18.6 Å². The maximum Gasteiger partial charge on any atom is 4.00 e. The van der Waals surface area contributed by atoms with E-state index >= 15 is 0 Å². The summed E-state index contributed by atoms with van der Waals surface area (Å²) in [5.74, 6) is 0. The molecule has 1 heterocycles. The molecule has 4 heteroatoms. The Morgan fingerprint density at radius 2 is 1.55 bits per heavy atom. The Bertz CT molecular complexity index is 941. The Morgan fingerprint density at radius 3 is 2.03 bits per heavy atom. The molecule has 1 unspecified atom stereocenters. The standard InChI is InChI=1S/C17H17Si.C10H15.2ClH.Hf/c1-18(11-6-12-18)17-15-9-4-2-7-13(15)14-8-3-5-10-16(14)17;1-7-6-10(4,5)9(3)8(7)2;;;/h2-5,7-9,17H,6,11-12H2,1H3;1-5H3;2*1H;/q2*-1;;;+4/p-2. The molecule has 2 aliphatic carbocycles. The van der Waals surface area contributed by atoms with Gasteiger partial charge in [-0.3, -0.25) is 6.08 Å². The molecule has 0 bridgehead atoms. The summed E-state index contributed by atoms with van der Waals surface area (Å²) in [7, 11) is -1.10. The Kier molecular flexibility index (Phi) is 9.86. The molecule has 0 radical (unpaired) electrons. The van der Waals surface area contributed by atoms with Gasteiger partial charge in [-0.25, -0.2) is 5.57 Å². The van der Waals surface area contributed by atoms with Crippen molar-refractivity contribution in [2.45, 2.75) is 65.2 Å². The van der Waals surface area contributed by atoms with Crippen LogP contribution in [0.4, 0.5) is 0 Å². The van der Waals surface area contributed by atoms with E-state index in [0.717, 1.165) is 0 Å². The van der Waals surface area contributed by atoms with Crippen molar-refractivity contribution in [2.75, 3.05) is 0 Å². The van der Waals surface area contributed by atoms with Gasteiger partial charge in [0.05, 0.1) is 8.07 Å². The molecule has 0 nitrogen and oxygen atoms in total. The Balaban J connectivity index is 0.000000324. The molecule has 1 atom stereocenters. The molecule has 3 aliphatic rings. The van der Waals surface area contributed by atoms with Gasteiger partial charge in [-0.05, 0) is 11.1 Å². The van der Waals surface area contributed by atoms with E-state index in [9.17, 15) is 0 Å². The van der Waals surface area contributed by atoms with E-state index in [1.165, 1.54) is 51.9 Å². The summed E-state index contributed by atoms with van der Waals surface area (Å²) in [6.07, 6.45) is 4.88. The van der Waals surface area contributed by atoms with Crippen LogP contribution in [0.1, 0.15) is 57.7 Å². The molecule has 0 aromatic heterocycles. The monoisotopic (exact) mass is 634 g/mol. The van der Waals surface area contributed by atoms with E-state index in [-0.39, 0.29) is 56.1 Å². The molecule has 0 N–H and O–H groups in total. The largest absolute Gasteiger partial charge is 4.00 e. The second kappa shape index (κ2) is 10.7. The molecule has 2 aromatic rings. The fraction of sp³-hybridized carbons (Fsp3) is 0.407. The first-order valence-corrected chi connectivity index (χ1v) is 13.6. The van der Waals surface area contributed by atoms with E-state index < -0.39 is 8.07 Å². The van der Waals surface area contributed by atoms with Crippen molar-refractivity contribution in [3.8, 4) is 11.1 Å². The van der Waals surface area contributed by atoms with Gasteiger partial charge in [-0.1, -0.05) is 88.0 Å². The number of allylic oxidation sites excluding steroid dienone is 4. The van der Waals surface area contributed by atoms with Crippen molar-refractivity contribution < 1.29 is 50.7 Å². The van der Waals surface area contributed by atoms with Crippen LogP contribution < -0.4 is 24.8 Å². The number of hydrogen-bond acceptors (Lipinski definition) is 0. The summed E-state index contributed by atoms with van der Waals surface area (Å²) in [6.45, 7) is 13.5. The van der Waals surface area contributed by atoms with Gasteiger partial charge in [0.2, 0.25) is 0 Å². The van der Waals surface area contributed by atoms with E-state index in [1.807, 2.05) is 0 Å². The molecule has 1 saturated heterocycles. The zero-order valence-corrected chi connectivity index (χ0v) is 25.6. The second-order valence-electron chi connectivity index (χ2n) is 9.65. The van der Waals surface area contributed by atoms with Gasteiger partial charge in [-0.15, -0.1) is 18.1 Å². The van der Waals surface area contributed by atoms with Crippen molar-refractivity contribution in [3.05, 3.63) is 82.5 Å². The SMILES string of the molecule is CC1=[C-]C(C)(C)C(C)=C1C.C[Si]1(C2c3[c-]cccc3-c3ccccc32)CCC1.[Cl-].[Cl-].[Hf+4]. The molecule has 0 spiro atoms. The van der Waals surface area contributed by atoms with Gasteiger partial charge in [-0.2, -0.15) is 35.4 Å². The van der Waals surface area contributed by atoms with E-state index in [4.69, 9.17) is 0 Å². The zero-order valence-electron chi connectivity index (χ0n) is 19.5. The normalized spacial score (nSPS) is 21.0. The first-order chi connectivity index (χ1) is 13.2. The molecule has 162 valence electrons. The Labute approximate surface area is 221 Å². The summed E-state index contributed by atoms with van der Waals surface area (Å²) in [6, 6.07) is 22.1. The third kappa shape index (κ3) is 5.08. The van der Waals surface area contributed by atoms with Gasteiger partial charge in [0.15, 0.2) is 0 Å². The molecular formula is C27H32Cl2HfSi. The molecule has 31 heavy (non-hydrogen) atoms. The van der Waals surface area contributed by atoms with Crippen LogP contribution >= 0.6 is 0 Å². The predicted octanol–water partition coefficient (Wildman–Crippen LogP) is 1.74. The average molecular weight is 634 g/mol. The molecule has 1 fully saturated rings. The van der Waals surface area contributed by atoms with E-state index in [2.05, 4.69) is 95.8 Å². The fourth-order valence-electron chi connectivity index (χ4n) is 5.23. The maximum atomic E-state index is 3.55. The predicted molar refractivity (Wildman–Crippen MR) is 123 cm³/mol. The smallest absolute Gasteiger partial charge is 1.00 e. The zero-order chi connectivity index (χ0) is 20.1. The van der Waals surface area contributed by atoms with Gasteiger partial charge >= 0.3 is 25.8 Å². The van der Waals surface area contributed by atoms with Crippen molar-refractivity contribution in [2.24, 2.45) is 5.41 Å². The quantitative estimate of drug-likeness (QED) is 0.332. The summed E-state index contributed by atoms with van der Waals surface area (Å²) < 4.78 is 0. The first kappa shape index (κ1) is 28.6. The van der Waals surface area contributed by atoms with Crippen LogP contribution in [0.25, 0.3) is 11.1 Å². The molecule has 0 amide bonds. The average Bonchev–Trinajstić information content (AvgIpc) is 3.08. The van der Waals surface area contributed by atoms with Gasteiger partial charge in [0, 0.05) is 0 Å².